The van der Waals surface area contributed by atoms with E-state index in [2.05, 4.69) is 5.32 Å². The SMILES string of the molecule is CCOCC(O)CNCCC1CCC1. The highest BCUT2D eigenvalue weighted by Crippen LogP contribution is 2.28. The molecule has 0 saturated heterocycles. The lowest BCUT2D eigenvalue weighted by atomic mass is 9.83. The van der Waals surface area contributed by atoms with Gasteiger partial charge in [0.1, 0.15) is 0 Å². The van der Waals surface area contributed by atoms with Crippen LogP contribution in [0.1, 0.15) is 32.6 Å². The zero-order valence-electron chi connectivity index (χ0n) is 9.17. The predicted octanol–water partition coefficient (Wildman–Crippen LogP) is 1.16. The number of aliphatic hydroxyl groups is 1. The van der Waals surface area contributed by atoms with Crippen molar-refractivity contribution in [3.05, 3.63) is 0 Å². The lowest BCUT2D eigenvalue weighted by Gasteiger charge is -2.25. The summed E-state index contributed by atoms with van der Waals surface area (Å²) in [4.78, 5) is 0. The maximum Gasteiger partial charge on any atom is 0.0897 e. The van der Waals surface area contributed by atoms with E-state index in [1.807, 2.05) is 6.92 Å². The Hall–Kier alpha value is -0.120. The van der Waals surface area contributed by atoms with Crippen LogP contribution in [0.25, 0.3) is 0 Å². The number of rotatable bonds is 8. The van der Waals surface area contributed by atoms with Crippen LogP contribution >= 0.6 is 0 Å². The molecule has 0 spiro atoms. The predicted molar refractivity (Wildman–Crippen MR) is 57.3 cm³/mol. The molecule has 3 nitrogen and oxygen atoms in total. The molecule has 1 saturated carbocycles. The highest BCUT2D eigenvalue weighted by Gasteiger charge is 2.16. The maximum atomic E-state index is 9.43. The fraction of sp³-hybridized carbons (Fsp3) is 1.00. The van der Waals surface area contributed by atoms with Gasteiger partial charge >= 0.3 is 0 Å². The quantitative estimate of drug-likeness (QED) is 0.579. The van der Waals surface area contributed by atoms with Crippen molar-refractivity contribution in [2.75, 3.05) is 26.3 Å². The third-order valence-electron chi connectivity index (χ3n) is 2.85. The zero-order chi connectivity index (χ0) is 10.2. The van der Waals surface area contributed by atoms with Crippen molar-refractivity contribution in [1.29, 1.82) is 0 Å². The lowest BCUT2D eigenvalue weighted by molar-refractivity contribution is 0.0426. The smallest absolute Gasteiger partial charge is 0.0897 e. The van der Waals surface area contributed by atoms with Crippen LogP contribution in [0, 0.1) is 5.92 Å². The monoisotopic (exact) mass is 201 g/mol. The first kappa shape index (κ1) is 12.0. The molecule has 14 heavy (non-hydrogen) atoms. The Labute approximate surface area is 86.8 Å². The second-order valence-electron chi connectivity index (χ2n) is 4.10. The summed E-state index contributed by atoms with van der Waals surface area (Å²) >= 11 is 0. The van der Waals surface area contributed by atoms with Gasteiger partial charge in [0.15, 0.2) is 0 Å². The second kappa shape index (κ2) is 7.21. The molecule has 1 aliphatic carbocycles. The number of hydrogen-bond donors (Lipinski definition) is 2. The van der Waals surface area contributed by atoms with E-state index in [1.165, 1.54) is 25.7 Å². The van der Waals surface area contributed by atoms with E-state index in [9.17, 15) is 5.11 Å². The molecule has 0 bridgehead atoms. The fourth-order valence-corrected chi connectivity index (χ4v) is 1.67. The zero-order valence-corrected chi connectivity index (χ0v) is 9.17. The molecule has 0 aromatic carbocycles. The molecule has 0 radical (unpaired) electrons. The Morgan fingerprint density at radius 3 is 2.86 bits per heavy atom. The molecule has 84 valence electrons. The Balaban J connectivity index is 1.81. The summed E-state index contributed by atoms with van der Waals surface area (Å²) in [5.41, 5.74) is 0. The Morgan fingerprint density at radius 2 is 2.29 bits per heavy atom. The molecule has 0 aromatic rings. The molecule has 0 amide bonds. The van der Waals surface area contributed by atoms with Crippen molar-refractivity contribution < 1.29 is 9.84 Å². The number of ether oxygens (including phenoxy) is 1. The van der Waals surface area contributed by atoms with E-state index in [1.54, 1.807) is 0 Å². The first-order valence-corrected chi connectivity index (χ1v) is 5.79. The largest absolute Gasteiger partial charge is 0.389 e. The summed E-state index contributed by atoms with van der Waals surface area (Å²) < 4.78 is 5.12. The molecular weight excluding hydrogens is 178 g/mol. The van der Waals surface area contributed by atoms with Crippen LogP contribution in [0.3, 0.4) is 0 Å². The number of aliphatic hydroxyl groups excluding tert-OH is 1. The summed E-state index contributed by atoms with van der Waals surface area (Å²) in [6.07, 6.45) is 5.14. The topological polar surface area (TPSA) is 41.5 Å². The van der Waals surface area contributed by atoms with Gasteiger partial charge in [-0.2, -0.15) is 0 Å². The van der Waals surface area contributed by atoms with Gasteiger partial charge in [-0.1, -0.05) is 19.3 Å². The summed E-state index contributed by atoms with van der Waals surface area (Å²) in [6, 6.07) is 0. The van der Waals surface area contributed by atoms with E-state index in [0.29, 0.717) is 19.8 Å². The van der Waals surface area contributed by atoms with Crippen molar-refractivity contribution >= 4 is 0 Å². The van der Waals surface area contributed by atoms with Crippen LogP contribution in [0.2, 0.25) is 0 Å². The molecular formula is C11H23NO2. The molecule has 0 aromatic heterocycles. The van der Waals surface area contributed by atoms with Crippen LogP contribution in [-0.2, 0) is 4.74 Å². The van der Waals surface area contributed by atoms with E-state index in [4.69, 9.17) is 4.74 Å². The van der Waals surface area contributed by atoms with Gasteiger partial charge in [0.25, 0.3) is 0 Å². The molecule has 1 fully saturated rings. The summed E-state index contributed by atoms with van der Waals surface area (Å²) in [5.74, 6) is 0.950. The highest BCUT2D eigenvalue weighted by molar-refractivity contribution is 4.70. The van der Waals surface area contributed by atoms with Crippen molar-refractivity contribution in [2.45, 2.75) is 38.7 Å². The van der Waals surface area contributed by atoms with Gasteiger partial charge in [0.05, 0.1) is 12.7 Å². The van der Waals surface area contributed by atoms with Crippen LogP contribution < -0.4 is 5.32 Å². The van der Waals surface area contributed by atoms with E-state index >= 15 is 0 Å². The molecule has 3 heteroatoms. The van der Waals surface area contributed by atoms with Crippen molar-refractivity contribution in [2.24, 2.45) is 5.92 Å². The normalized spacial score (nSPS) is 19.3. The number of hydrogen-bond acceptors (Lipinski definition) is 3. The molecule has 1 unspecified atom stereocenters. The summed E-state index contributed by atoms with van der Waals surface area (Å²) in [6.45, 7) is 4.77. The van der Waals surface area contributed by atoms with Gasteiger partial charge in [-0.05, 0) is 25.8 Å². The van der Waals surface area contributed by atoms with Gasteiger partial charge in [-0.25, -0.2) is 0 Å². The van der Waals surface area contributed by atoms with E-state index < -0.39 is 0 Å². The van der Waals surface area contributed by atoms with Gasteiger partial charge in [0.2, 0.25) is 0 Å². The standard InChI is InChI=1S/C11H23NO2/c1-2-14-9-11(13)8-12-7-6-10-4-3-5-10/h10-13H,2-9H2,1H3. The summed E-state index contributed by atoms with van der Waals surface area (Å²) in [5, 5.41) is 12.7. The molecule has 2 N–H and O–H groups in total. The molecule has 1 aliphatic rings. The highest BCUT2D eigenvalue weighted by atomic mass is 16.5. The first-order chi connectivity index (χ1) is 6.83. The number of nitrogens with one attached hydrogen (secondary N) is 1. The van der Waals surface area contributed by atoms with E-state index in [0.717, 1.165) is 12.5 Å². The van der Waals surface area contributed by atoms with Crippen LogP contribution in [0.4, 0.5) is 0 Å². The fourth-order valence-electron chi connectivity index (χ4n) is 1.67. The minimum atomic E-state index is -0.351. The Kier molecular flexibility index (Phi) is 6.15. The lowest BCUT2D eigenvalue weighted by Crippen LogP contribution is -2.32. The van der Waals surface area contributed by atoms with Gasteiger partial charge in [0, 0.05) is 13.2 Å². The molecule has 0 aliphatic heterocycles. The van der Waals surface area contributed by atoms with Crippen molar-refractivity contribution in [1.82, 2.24) is 5.32 Å². The average molecular weight is 201 g/mol. The molecule has 0 heterocycles. The van der Waals surface area contributed by atoms with Gasteiger partial charge < -0.3 is 15.2 Å². The van der Waals surface area contributed by atoms with Crippen LogP contribution in [-0.4, -0.2) is 37.5 Å². The Morgan fingerprint density at radius 1 is 1.50 bits per heavy atom. The van der Waals surface area contributed by atoms with Crippen LogP contribution in [0.5, 0.6) is 0 Å². The van der Waals surface area contributed by atoms with E-state index in [-0.39, 0.29) is 6.10 Å². The van der Waals surface area contributed by atoms with Gasteiger partial charge in [-0.3, -0.25) is 0 Å². The third-order valence-corrected chi connectivity index (χ3v) is 2.85. The average Bonchev–Trinajstić information content (AvgIpc) is 2.11. The molecule has 1 rings (SSSR count). The first-order valence-electron chi connectivity index (χ1n) is 5.79. The minimum Gasteiger partial charge on any atom is -0.389 e. The molecule has 1 atom stereocenters. The summed E-state index contributed by atoms with van der Waals surface area (Å²) in [7, 11) is 0. The Bertz CT molecular complexity index is 137. The third kappa shape index (κ3) is 4.94. The van der Waals surface area contributed by atoms with Crippen molar-refractivity contribution in [3.8, 4) is 0 Å². The minimum absolute atomic E-state index is 0.351. The van der Waals surface area contributed by atoms with Crippen molar-refractivity contribution in [3.63, 3.8) is 0 Å². The second-order valence-corrected chi connectivity index (χ2v) is 4.10. The van der Waals surface area contributed by atoms with Crippen LogP contribution in [0.15, 0.2) is 0 Å². The maximum absolute atomic E-state index is 9.43. The van der Waals surface area contributed by atoms with Gasteiger partial charge in [-0.15, -0.1) is 0 Å².